The first-order valence-corrected chi connectivity index (χ1v) is 9.30. The number of rotatable bonds is 5. The van der Waals surface area contributed by atoms with Gasteiger partial charge in [-0.3, -0.25) is 13.9 Å². The smallest absolute Gasteiger partial charge is 0.220 e. The molecule has 8 heteroatoms. The van der Waals surface area contributed by atoms with Gasteiger partial charge in [0.2, 0.25) is 5.91 Å². The van der Waals surface area contributed by atoms with Crippen LogP contribution in [0.5, 0.6) is 0 Å². The average molecular weight is 377 g/mol. The number of aryl methyl sites for hydroxylation is 4. The second-order valence-corrected chi connectivity index (χ2v) is 7.03. The normalized spacial score (nSPS) is 11.4. The van der Waals surface area contributed by atoms with E-state index in [4.69, 9.17) is 4.98 Å². The number of amides is 1. The number of nitrogens with zero attached hydrogens (tertiary/aromatic N) is 6. The van der Waals surface area contributed by atoms with Crippen molar-refractivity contribution in [1.29, 1.82) is 0 Å². The van der Waals surface area contributed by atoms with Gasteiger partial charge in [0.1, 0.15) is 0 Å². The summed E-state index contributed by atoms with van der Waals surface area (Å²) in [7, 11) is 1.91. The fourth-order valence-electron chi connectivity index (χ4n) is 3.75. The summed E-state index contributed by atoms with van der Waals surface area (Å²) in [6.45, 7) is 6.41. The Hall–Kier alpha value is -3.29. The van der Waals surface area contributed by atoms with Crippen LogP contribution in [-0.2, 0) is 24.8 Å². The Kier molecular flexibility index (Phi) is 4.54. The molecule has 0 atom stereocenters. The third kappa shape index (κ3) is 3.11. The molecular weight excluding hydrogens is 354 g/mol. The zero-order valence-electron chi connectivity index (χ0n) is 16.5. The van der Waals surface area contributed by atoms with Crippen molar-refractivity contribution in [2.75, 3.05) is 0 Å². The molecule has 0 spiro atoms. The number of fused-ring (bicyclic) bond motifs is 2. The van der Waals surface area contributed by atoms with E-state index in [0.717, 1.165) is 39.2 Å². The van der Waals surface area contributed by atoms with Crippen molar-refractivity contribution in [3.05, 3.63) is 52.7 Å². The van der Waals surface area contributed by atoms with Crippen LogP contribution in [0.4, 0.5) is 0 Å². The van der Waals surface area contributed by atoms with Crippen LogP contribution < -0.4 is 5.32 Å². The summed E-state index contributed by atoms with van der Waals surface area (Å²) >= 11 is 0. The summed E-state index contributed by atoms with van der Waals surface area (Å²) in [6.07, 6.45) is 2.92. The molecule has 4 aromatic rings. The Bertz CT molecular complexity index is 1190. The second kappa shape index (κ2) is 7.03. The molecule has 4 heterocycles. The van der Waals surface area contributed by atoms with Crippen molar-refractivity contribution in [2.24, 2.45) is 7.05 Å². The Morgan fingerprint density at radius 2 is 1.96 bits per heavy atom. The van der Waals surface area contributed by atoms with E-state index in [-0.39, 0.29) is 5.91 Å². The first-order valence-electron chi connectivity index (χ1n) is 9.30. The lowest BCUT2D eigenvalue weighted by Gasteiger charge is -2.11. The van der Waals surface area contributed by atoms with Crippen LogP contribution >= 0.6 is 0 Å². The molecule has 0 aliphatic carbocycles. The van der Waals surface area contributed by atoms with Crippen molar-refractivity contribution >= 4 is 22.6 Å². The number of hydrogen-bond donors (Lipinski definition) is 1. The first-order chi connectivity index (χ1) is 13.5. The molecule has 0 saturated carbocycles. The molecule has 0 saturated heterocycles. The molecule has 4 aromatic heterocycles. The minimum Gasteiger partial charge on any atom is -0.349 e. The lowest BCUT2D eigenvalue weighted by molar-refractivity contribution is -0.121. The molecule has 4 rings (SSSR count). The van der Waals surface area contributed by atoms with Gasteiger partial charge >= 0.3 is 0 Å². The fourth-order valence-corrected chi connectivity index (χ4v) is 3.75. The number of carbonyl (C=O) groups is 1. The number of carbonyl (C=O) groups excluding carboxylic acids is 1. The minimum absolute atomic E-state index is 0.0190. The lowest BCUT2D eigenvalue weighted by Crippen LogP contribution is -2.24. The molecule has 0 aromatic carbocycles. The van der Waals surface area contributed by atoms with E-state index in [1.807, 2.05) is 54.4 Å². The van der Waals surface area contributed by atoms with E-state index in [1.165, 1.54) is 0 Å². The van der Waals surface area contributed by atoms with Crippen LogP contribution in [0.2, 0.25) is 0 Å². The van der Waals surface area contributed by atoms with Gasteiger partial charge in [-0.1, -0.05) is 6.07 Å². The second-order valence-electron chi connectivity index (χ2n) is 7.03. The van der Waals surface area contributed by atoms with Crippen LogP contribution in [0, 0.1) is 20.8 Å². The topological polar surface area (TPSA) is 90.0 Å². The van der Waals surface area contributed by atoms with Crippen LogP contribution in [0.1, 0.15) is 34.8 Å². The highest BCUT2D eigenvalue weighted by Gasteiger charge is 2.16. The first kappa shape index (κ1) is 18.1. The molecule has 0 aliphatic heterocycles. The summed E-state index contributed by atoms with van der Waals surface area (Å²) in [6, 6.07) is 5.70. The van der Waals surface area contributed by atoms with E-state index in [2.05, 4.69) is 27.5 Å². The molecule has 1 amide bonds. The quantitative estimate of drug-likeness (QED) is 0.576. The Labute approximate surface area is 162 Å². The van der Waals surface area contributed by atoms with Gasteiger partial charge in [-0.15, -0.1) is 10.2 Å². The summed E-state index contributed by atoms with van der Waals surface area (Å²) in [5.74, 6) is 0.694. The molecule has 0 fully saturated rings. The van der Waals surface area contributed by atoms with Crippen LogP contribution in [-0.4, -0.2) is 35.3 Å². The molecular formula is C20H23N7O. The molecule has 8 nitrogen and oxygen atoms in total. The number of pyridine rings is 2. The van der Waals surface area contributed by atoms with Gasteiger partial charge in [-0.25, -0.2) is 4.98 Å². The van der Waals surface area contributed by atoms with Gasteiger partial charge in [-0.2, -0.15) is 5.10 Å². The van der Waals surface area contributed by atoms with Gasteiger partial charge in [-0.05, 0) is 50.5 Å². The summed E-state index contributed by atoms with van der Waals surface area (Å²) in [5.41, 5.74) is 5.84. The maximum Gasteiger partial charge on any atom is 0.220 e. The Balaban J connectivity index is 1.45. The Morgan fingerprint density at radius 1 is 1.14 bits per heavy atom. The molecule has 0 unspecified atom stereocenters. The molecule has 28 heavy (non-hydrogen) atoms. The fraction of sp³-hybridized carbons (Fsp3) is 0.350. The standard InChI is InChI=1S/C20H23N7O/c1-12-15(13(2)22-20-19(12)14(3)25-26(20)4)8-9-18(28)21-11-17-24-23-16-7-5-6-10-27(16)17/h5-7,10H,8-9,11H2,1-4H3,(H,21,28). The third-order valence-electron chi connectivity index (χ3n) is 5.16. The number of aromatic nitrogens is 6. The maximum absolute atomic E-state index is 12.4. The van der Waals surface area contributed by atoms with E-state index < -0.39 is 0 Å². The minimum atomic E-state index is -0.0190. The molecule has 1 N–H and O–H groups in total. The van der Waals surface area contributed by atoms with Gasteiger partial charge < -0.3 is 5.32 Å². The van der Waals surface area contributed by atoms with Gasteiger partial charge in [0.05, 0.1) is 12.2 Å². The molecule has 0 radical (unpaired) electrons. The van der Waals surface area contributed by atoms with Crippen molar-refractivity contribution in [2.45, 2.75) is 40.2 Å². The predicted molar refractivity (Wildman–Crippen MR) is 106 cm³/mol. The summed E-state index contributed by atoms with van der Waals surface area (Å²) in [5, 5.41) is 16.7. The highest BCUT2D eigenvalue weighted by molar-refractivity contribution is 5.84. The van der Waals surface area contributed by atoms with Crippen molar-refractivity contribution < 1.29 is 4.79 Å². The third-order valence-corrected chi connectivity index (χ3v) is 5.16. The van der Waals surface area contributed by atoms with Crippen molar-refractivity contribution in [3.8, 4) is 0 Å². The zero-order valence-corrected chi connectivity index (χ0v) is 16.5. The SMILES string of the molecule is Cc1nc2c(c(C)nn2C)c(C)c1CCC(=O)NCc1nnc2ccccn12. The molecule has 0 aliphatic rings. The van der Waals surface area contributed by atoms with Crippen molar-refractivity contribution in [1.82, 2.24) is 34.7 Å². The van der Waals surface area contributed by atoms with E-state index in [9.17, 15) is 4.79 Å². The largest absolute Gasteiger partial charge is 0.349 e. The van der Waals surface area contributed by atoms with Gasteiger partial charge in [0.15, 0.2) is 17.1 Å². The summed E-state index contributed by atoms with van der Waals surface area (Å²) in [4.78, 5) is 17.1. The van der Waals surface area contributed by atoms with Gasteiger partial charge in [0.25, 0.3) is 0 Å². The van der Waals surface area contributed by atoms with Crippen LogP contribution in [0.3, 0.4) is 0 Å². The summed E-state index contributed by atoms with van der Waals surface area (Å²) < 4.78 is 3.68. The van der Waals surface area contributed by atoms with E-state index >= 15 is 0 Å². The van der Waals surface area contributed by atoms with E-state index in [1.54, 1.807) is 0 Å². The van der Waals surface area contributed by atoms with E-state index in [0.29, 0.717) is 25.2 Å². The molecule has 144 valence electrons. The molecule has 0 bridgehead atoms. The number of hydrogen-bond acceptors (Lipinski definition) is 5. The van der Waals surface area contributed by atoms with Crippen LogP contribution in [0.15, 0.2) is 24.4 Å². The predicted octanol–water partition coefficient (Wildman–Crippen LogP) is 2.19. The lowest BCUT2D eigenvalue weighted by atomic mass is 9.99. The van der Waals surface area contributed by atoms with Crippen molar-refractivity contribution in [3.63, 3.8) is 0 Å². The maximum atomic E-state index is 12.4. The van der Waals surface area contributed by atoms with Crippen LogP contribution in [0.25, 0.3) is 16.7 Å². The zero-order chi connectivity index (χ0) is 19.8. The number of nitrogens with one attached hydrogen (secondary N) is 1. The highest BCUT2D eigenvalue weighted by Crippen LogP contribution is 2.25. The average Bonchev–Trinajstić information content (AvgIpc) is 3.20. The Morgan fingerprint density at radius 3 is 2.79 bits per heavy atom. The highest BCUT2D eigenvalue weighted by atomic mass is 16.1. The monoisotopic (exact) mass is 377 g/mol. The van der Waals surface area contributed by atoms with Gasteiger partial charge in [0, 0.05) is 30.7 Å².